The van der Waals surface area contributed by atoms with Crippen molar-refractivity contribution >= 4 is 28.5 Å². The second-order valence-corrected chi connectivity index (χ2v) is 5.03. The highest BCUT2D eigenvalue weighted by molar-refractivity contribution is 6.31. The third-order valence-electron chi connectivity index (χ3n) is 3.20. The molecule has 0 unspecified atom stereocenters. The number of amides is 1. The first-order valence-corrected chi connectivity index (χ1v) is 6.25. The fourth-order valence-electron chi connectivity index (χ4n) is 2.25. The minimum atomic E-state index is -0.102. The van der Waals surface area contributed by atoms with Crippen LogP contribution in [0.25, 0.3) is 11.0 Å². The van der Waals surface area contributed by atoms with E-state index in [1.165, 1.54) is 0 Å². The van der Waals surface area contributed by atoms with Gasteiger partial charge in [0.15, 0.2) is 5.76 Å². The number of carbonyl (C=O) groups is 1. The lowest BCUT2D eigenvalue weighted by Gasteiger charge is -2.13. The molecule has 2 heterocycles. The number of rotatable bonds is 1. The summed E-state index contributed by atoms with van der Waals surface area (Å²) in [4.78, 5) is 13.9. The predicted octanol–water partition coefficient (Wildman–Crippen LogP) is 2.26. The molecule has 0 spiro atoms. The number of carbonyl (C=O) groups excluding carboxylic acids is 1. The molecular formula is C13H13ClN2O2. The summed E-state index contributed by atoms with van der Waals surface area (Å²) in [7, 11) is 0. The van der Waals surface area contributed by atoms with Gasteiger partial charge < -0.3 is 15.1 Å². The predicted molar refractivity (Wildman–Crippen MR) is 69.7 cm³/mol. The third-order valence-corrected chi connectivity index (χ3v) is 3.44. The molecule has 1 aliphatic rings. The van der Waals surface area contributed by atoms with Crippen LogP contribution >= 0.6 is 11.6 Å². The number of nitrogens with zero attached hydrogens (tertiary/aromatic N) is 1. The van der Waals surface area contributed by atoms with E-state index in [0.717, 1.165) is 11.8 Å². The van der Waals surface area contributed by atoms with Crippen molar-refractivity contribution in [3.63, 3.8) is 0 Å². The van der Waals surface area contributed by atoms with Crippen molar-refractivity contribution < 1.29 is 9.21 Å². The average Bonchev–Trinajstić information content (AvgIpc) is 2.93. The zero-order chi connectivity index (χ0) is 12.7. The van der Waals surface area contributed by atoms with Crippen LogP contribution in [0.4, 0.5) is 0 Å². The van der Waals surface area contributed by atoms with Gasteiger partial charge in [-0.2, -0.15) is 0 Å². The standard InChI is InChI=1S/C13H13ClN2O2/c14-9-1-2-11-8(5-9)6-12(18-11)13(17)16-4-3-10(15)7-16/h1-2,5-6,10H,3-4,7,15H2/t10-/m1/s1. The highest BCUT2D eigenvalue weighted by atomic mass is 35.5. The molecule has 1 amide bonds. The number of nitrogens with two attached hydrogens (primary N) is 1. The maximum absolute atomic E-state index is 12.2. The van der Waals surface area contributed by atoms with Crippen molar-refractivity contribution in [2.45, 2.75) is 12.5 Å². The first-order chi connectivity index (χ1) is 8.63. The number of halogens is 1. The Morgan fingerprint density at radius 1 is 1.44 bits per heavy atom. The van der Waals surface area contributed by atoms with E-state index in [9.17, 15) is 4.79 Å². The molecule has 0 bridgehead atoms. The van der Waals surface area contributed by atoms with E-state index in [0.29, 0.717) is 29.5 Å². The summed E-state index contributed by atoms with van der Waals surface area (Å²) in [5.41, 5.74) is 6.47. The second kappa shape index (κ2) is 4.30. The molecule has 0 radical (unpaired) electrons. The number of hydrogen-bond donors (Lipinski definition) is 1. The molecular weight excluding hydrogens is 252 g/mol. The Bertz CT molecular complexity index is 608. The normalized spacial score (nSPS) is 19.7. The fraction of sp³-hybridized carbons (Fsp3) is 0.308. The highest BCUT2D eigenvalue weighted by Gasteiger charge is 2.26. The molecule has 0 aliphatic carbocycles. The van der Waals surface area contributed by atoms with Crippen LogP contribution in [0.3, 0.4) is 0 Å². The minimum Gasteiger partial charge on any atom is -0.451 e. The molecule has 1 fully saturated rings. The summed E-state index contributed by atoms with van der Waals surface area (Å²) >= 11 is 5.90. The quantitative estimate of drug-likeness (QED) is 0.859. The molecule has 5 heteroatoms. The van der Waals surface area contributed by atoms with E-state index in [1.807, 2.05) is 0 Å². The summed E-state index contributed by atoms with van der Waals surface area (Å²) in [6.45, 7) is 1.29. The van der Waals surface area contributed by atoms with Crippen LogP contribution in [-0.2, 0) is 0 Å². The number of likely N-dealkylation sites (tertiary alicyclic amines) is 1. The zero-order valence-electron chi connectivity index (χ0n) is 9.73. The van der Waals surface area contributed by atoms with Crippen LogP contribution in [0.15, 0.2) is 28.7 Å². The maximum Gasteiger partial charge on any atom is 0.289 e. The van der Waals surface area contributed by atoms with Gasteiger partial charge in [-0.25, -0.2) is 0 Å². The lowest BCUT2D eigenvalue weighted by molar-refractivity contribution is 0.0761. The number of fused-ring (bicyclic) bond motifs is 1. The van der Waals surface area contributed by atoms with Crippen molar-refractivity contribution in [1.29, 1.82) is 0 Å². The maximum atomic E-state index is 12.2. The molecule has 2 N–H and O–H groups in total. The summed E-state index contributed by atoms with van der Waals surface area (Å²) in [5.74, 6) is 0.247. The summed E-state index contributed by atoms with van der Waals surface area (Å²) in [6.07, 6.45) is 0.845. The van der Waals surface area contributed by atoms with Crippen molar-refractivity contribution in [2.75, 3.05) is 13.1 Å². The molecule has 1 aromatic heterocycles. The van der Waals surface area contributed by atoms with Gasteiger partial charge in [-0.3, -0.25) is 4.79 Å². The molecule has 1 saturated heterocycles. The topological polar surface area (TPSA) is 59.5 Å². The molecule has 94 valence electrons. The van der Waals surface area contributed by atoms with E-state index >= 15 is 0 Å². The highest BCUT2D eigenvalue weighted by Crippen LogP contribution is 2.24. The van der Waals surface area contributed by atoms with Crippen molar-refractivity contribution in [2.24, 2.45) is 5.73 Å². The van der Waals surface area contributed by atoms with Gasteiger partial charge in [0.1, 0.15) is 5.58 Å². The number of hydrogen-bond acceptors (Lipinski definition) is 3. The Morgan fingerprint density at radius 2 is 2.28 bits per heavy atom. The Balaban J connectivity index is 1.92. The van der Waals surface area contributed by atoms with Gasteiger partial charge in [-0.1, -0.05) is 11.6 Å². The van der Waals surface area contributed by atoms with Gasteiger partial charge >= 0.3 is 0 Å². The Hall–Kier alpha value is -1.52. The first-order valence-electron chi connectivity index (χ1n) is 5.87. The molecule has 1 aliphatic heterocycles. The Morgan fingerprint density at radius 3 is 3.00 bits per heavy atom. The number of benzene rings is 1. The summed E-state index contributed by atoms with van der Waals surface area (Å²) < 4.78 is 5.54. The largest absolute Gasteiger partial charge is 0.451 e. The van der Waals surface area contributed by atoms with E-state index in [2.05, 4.69) is 0 Å². The molecule has 3 rings (SSSR count). The first kappa shape index (κ1) is 11.6. The monoisotopic (exact) mass is 264 g/mol. The lowest BCUT2D eigenvalue weighted by atomic mass is 10.2. The van der Waals surface area contributed by atoms with Crippen molar-refractivity contribution in [3.05, 3.63) is 35.0 Å². The van der Waals surface area contributed by atoms with Crippen LogP contribution in [0.5, 0.6) is 0 Å². The van der Waals surface area contributed by atoms with Crippen LogP contribution in [0.1, 0.15) is 17.0 Å². The van der Waals surface area contributed by atoms with Crippen LogP contribution < -0.4 is 5.73 Å². The summed E-state index contributed by atoms with van der Waals surface area (Å²) in [5, 5.41) is 1.47. The van der Waals surface area contributed by atoms with E-state index in [1.54, 1.807) is 29.2 Å². The Labute approximate surface area is 109 Å². The smallest absolute Gasteiger partial charge is 0.289 e. The van der Waals surface area contributed by atoms with Crippen LogP contribution in [0, 0.1) is 0 Å². The second-order valence-electron chi connectivity index (χ2n) is 4.59. The van der Waals surface area contributed by atoms with Crippen LogP contribution in [0.2, 0.25) is 5.02 Å². The minimum absolute atomic E-state index is 0.0766. The molecule has 1 aromatic carbocycles. The van der Waals surface area contributed by atoms with E-state index in [-0.39, 0.29) is 11.9 Å². The summed E-state index contributed by atoms with van der Waals surface area (Å²) in [6, 6.07) is 7.10. The molecule has 2 aromatic rings. The lowest BCUT2D eigenvalue weighted by Crippen LogP contribution is -2.31. The fourth-order valence-corrected chi connectivity index (χ4v) is 2.43. The average molecular weight is 265 g/mol. The van der Waals surface area contributed by atoms with Gasteiger partial charge in [0.25, 0.3) is 5.91 Å². The van der Waals surface area contributed by atoms with Crippen LogP contribution in [-0.4, -0.2) is 29.9 Å². The van der Waals surface area contributed by atoms with Gasteiger partial charge in [-0.05, 0) is 30.7 Å². The molecule has 0 saturated carbocycles. The molecule has 4 nitrogen and oxygen atoms in total. The van der Waals surface area contributed by atoms with E-state index in [4.69, 9.17) is 21.8 Å². The SMILES string of the molecule is N[C@@H]1CCN(C(=O)c2cc3cc(Cl)ccc3o2)C1. The van der Waals surface area contributed by atoms with Crippen molar-refractivity contribution in [3.8, 4) is 0 Å². The van der Waals surface area contributed by atoms with Gasteiger partial charge in [-0.15, -0.1) is 0 Å². The Kier molecular flexibility index (Phi) is 2.76. The molecule has 18 heavy (non-hydrogen) atoms. The van der Waals surface area contributed by atoms with Gasteiger partial charge in [0.2, 0.25) is 0 Å². The van der Waals surface area contributed by atoms with Gasteiger partial charge in [0, 0.05) is 29.5 Å². The van der Waals surface area contributed by atoms with Crippen molar-refractivity contribution in [1.82, 2.24) is 4.90 Å². The third kappa shape index (κ3) is 1.98. The van der Waals surface area contributed by atoms with E-state index < -0.39 is 0 Å². The molecule has 1 atom stereocenters. The van der Waals surface area contributed by atoms with Gasteiger partial charge in [0.05, 0.1) is 0 Å². The number of furan rings is 1. The zero-order valence-corrected chi connectivity index (χ0v) is 10.5.